The van der Waals surface area contributed by atoms with E-state index in [4.69, 9.17) is 0 Å². The standard InChI is InChI=1S/C11H18N2O/c1-8-5-10(9(2)13-8)6-11(14)3-4-12-7-11/h5,12-14H,3-4,6-7H2,1-2H3. The van der Waals surface area contributed by atoms with Crippen molar-refractivity contribution >= 4 is 0 Å². The molecule has 1 aromatic rings. The van der Waals surface area contributed by atoms with Gasteiger partial charge in [-0.05, 0) is 38.4 Å². The van der Waals surface area contributed by atoms with Crippen LogP contribution in [0.2, 0.25) is 0 Å². The van der Waals surface area contributed by atoms with Gasteiger partial charge in [0.25, 0.3) is 0 Å². The SMILES string of the molecule is Cc1cc(CC2(O)CCNC2)c(C)[nH]1. The van der Waals surface area contributed by atoms with Crippen LogP contribution in [0, 0.1) is 13.8 Å². The quantitative estimate of drug-likeness (QED) is 0.655. The van der Waals surface area contributed by atoms with Gasteiger partial charge in [0.15, 0.2) is 0 Å². The Balaban J connectivity index is 2.13. The van der Waals surface area contributed by atoms with E-state index in [0.717, 1.165) is 25.9 Å². The van der Waals surface area contributed by atoms with Crippen molar-refractivity contribution in [1.29, 1.82) is 0 Å². The lowest BCUT2D eigenvalue weighted by atomic mass is 9.94. The molecular formula is C11H18N2O. The van der Waals surface area contributed by atoms with E-state index in [2.05, 4.69) is 23.3 Å². The molecule has 1 aliphatic rings. The highest BCUT2D eigenvalue weighted by molar-refractivity contribution is 5.26. The van der Waals surface area contributed by atoms with Gasteiger partial charge in [0, 0.05) is 24.4 Å². The first-order chi connectivity index (χ1) is 6.59. The Labute approximate surface area is 84.5 Å². The van der Waals surface area contributed by atoms with Crippen LogP contribution in [0.3, 0.4) is 0 Å². The van der Waals surface area contributed by atoms with Crippen molar-refractivity contribution < 1.29 is 5.11 Å². The third kappa shape index (κ3) is 1.83. The van der Waals surface area contributed by atoms with E-state index in [1.807, 2.05) is 6.92 Å². The predicted octanol–water partition coefficient (Wildman–Crippen LogP) is 0.898. The van der Waals surface area contributed by atoms with Crippen LogP contribution in [-0.2, 0) is 6.42 Å². The van der Waals surface area contributed by atoms with Gasteiger partial charge in [-0.2, -0.15) is 0 Å². The topological polar surface area (TPSA) is 48.0 Å². The molecule has 0 spiro atoms. The zero-order valence-corrected chi connectivity index (χ0v) is 8.85. The highest BCUT2D eigenvalue weighted by Crippen LogP contribution is 2.22. The summed E-state index contributed by atoms with van der Waals surface area (Å²) in [5, 5.41) is 13.4. The molecule has 0 bridgehead atoms. The van der Waals surface area contributed by atoms with Crippen LogP contribution in [0.1, 0.15) is 23.4 Å². The summed E-state index contributed by atoms with van der Waals surface area (Å²) < 4.78 is 0. The summed E-state index contributed by atoms with van der Waals surface area (Å²) in [5.74, 6) is 0. The number of aromatic nitrogens is 1. The molecule has 3 nitrogen and oxygen atoms in total. The third-order valence-corrected chi connectivity index (χ3v) is 3.00. The van der Waals surface area contributed by atoms with Gasteiger partial charge in [0.1, 0.15) is 0 Å². The molecule has 2 heterocycles. The second-order valence-electron chi connectivity index (χ2n) is 4.43. The lowest BCUT2D eigenvalue weighted by Crippen LogP contribution is -2.33. The molecule has 0 aromatic carbocycles. The maximum absolute atomic E-state index is 10.2. The fourth-order valence-corrected chi connectivity index (χ4v) is 2.20. The number of hydrogen-bond donors (Lipinski definition) is 3. The minimum absolute atomic E-state index is 0.528. The number of aryl methyl sites for hydroxylation is 2. The van der Waals surface area contributed by atoms with E-state index in [9.17, 15) is 5.11 Å². The highest BCUT2D eigenvalue weighted by atomic mass is 16.3. The van der Waals surface area contributed by atoms with E-state index in [1.54, 1.807) is 0 Å². The number of aliphatic hydroxyl groups is 1. The normalized spacial score (nSPS) is 27.1. The third-order valence-electron chi connectivity index (χ3n) is 3.00. The fraction of sp³-hybridized carbons (Fsp3) is 0.636. The Hall–Kier alpha value is -0.800. The average molecular weight is 194 g/mol. The molecule has 1 unspecified atom stereocenters. The largest absolute Gasteiger partial charge is 0.388 e. The lowest BCUT2D eigenvalue weighted by molar-refractivity contribution is 0.0617. The van der Waals surface area contributed by atoms with E-state index < -0.39 is 5.60 Å². The van der Waals surface area contributed by atoms with Crippen LogP contribution in [0.4, 0.5) is 0 Å². The van der Waals surface area contributed by atoms with E-state index >= 15 is 0 Å². The molecular weight excluding hydrogens is 176 g/mol. The van der Waals surface area contributed by atoms with Gasteiger partial charge < -0.3 is 15.4 Å². The number of β-amino-alcohol motifs (C(OH)–C–C–N with tert-alkyl or cyclic N) is 1. The van der Waals surface area contributed by atoms with Crippen molar-refractivity contribution in [2.45, 2.75) is 32.3 Å². The smallest absolute Gasteiger partial charge is 0.0824 e. The molecule has 3 N–H and O–H groups in total. The van der Waals surface area contributed by atoms with Gasteiger partial charge in [-0.1, -0.05) is 0 Å². The van der Waals surface area contributed by atoms with Gasteiger partial charge in [-0.3, -0.25) is 0 Å². The summed E-state index contributed by atoms with van der Waals surface area (Å²) >= 11 is 0. The lowest BCUT2D eigenvalue weighted by Gasteiger charge is -2.20. The van der Waals surface area contributed by atoms with Crippen molar-refractivity contribution in [3.05, 3.63) is 23.0 Å². The monoisotopic (exact) mass is 194 g/mol. The fourth-order valence-electron chi connectivity index (χ4n) is 2.20. The number of aromatic amines is 1. The van der Waals surface area contributed by atoms with E-state index in [0.29, 0.717) is 0 Å². The highest BCUT2D eigenvalue weighted by Gasteiger charge is 2.31. The first kappa shape index (κ1) is 9.74. The first-order valence-corrected chi connectivity index (χ1v) is 5.17. The molecule has 0 radical (unpaired) electrons. The second kappa shape index (κ2) is 3.41. The molecule has 14 heavy (non-hydrogen) atoms. The summed E-state index contributed by atoms with van der Waals surface area (Å²) in [6.45, 7) is 5.76. The van der Waals surface area contributed by atoms with Crippen molar-refractivity contribution in [3.63, 3.8) is 0 Å². The second-order valence-corrected chi connectivity index (χ2v) is 4.43. The zero-order chi connectivity index (χ0) is 10.2. The van der Waals surface area contributed by atoms with E-state index in [1.165, 1.54) is 17.0 Å². The van der Waals surface area contributed by atoms with Crippen molar-refractivity contribution in [2.24, 2.45) is 0 Å². The van der Waals surface area contributed by atoms with Crippen LogP contribution >= 0.6 is 0 Å². The van der Waals surface area contributed by atoms with E-state index in [-0.39, 0.29) is 0 Å². The minimum Gasteiger partial charge on any atom is -0.388 e. The van der Waals surface area contributed by atoms with Crippen LogP contribution in [0.15, 0.2) is 6.07 Å². The summed E-state index contributed by atoms with van der Waals surface area (Å²) in [6.07, 6.45) is 1.62. The van der Waals surface area contributed by atoms with Gasteiger partial charge in [0.05, 0.1) is 5.60 Å². The van der Waals surface area contributed by atoms with Crippen molar-refractivity contribution in [2.75, 3.05) is 13.1 Å². The Kier molecular flexibility index (Phi) is 2.37. The Morgan fingerprint density at radius 2 is 2.29 bits per heavy atom. The van der Waals surface area contributed by atoms with Gasteiger partial charge >= 0.3 is 0 Å². The summed E-state index contributed by atoms with van der Waals surface area (Å²) in [6, 6.07) is 2.13. The molecule has 1 fully saturated rings. The van der Waals surface area contributed by atoms with Gasteiger partial charge in [-0.15, -0.1) is 0 Å². The van der Waals surface area contributed by atoms with Crippen LogP contribution in [-0.4, -0.2) is 28.8 Å². The Bertz CT molecular complexity index is 324. The minimum atomic E-state index is -0.528. The number of H-pyrrole nitrogens is 1. The number of nitrogens with one attached hydrogen (secondary N) is 2. The molecule has 1 aliphatic heterocycles. The molecule has 2 rings (SSSR count). The summed E-state index contributed by atoms with van der Waals surface area (Å²) in [7, 11) is 0. The molecule has 0 saturated carbocycles. The molecule has 0 amide bonds. The molecule has 1 atom stereocenters. The molecule has 1 aromatic heterocycles. The molecule has 78 valence electrons. The van der Waals surface area contributed by atoms with Crippen LogP contribution in [0.25, 0.3) is 0 Å². The number of hydrogen-bond acceptors (Lipinski definition) is 2. The molecule has 3 heteroatoms. The Morgan fingerprint density at radius 3 is 2.79 bits per heavy atom. The first-order valence-electron chi connectivity index (χ1n) is 5.17. The number of rotatable bonds is 2. The molecule has 0 aliphatic carbocycles. The van der Waals surface area contributed by atoms with Crippen LogP contribution in [0.5, 0.6) is 0 Å². The van der Waals surface area contributed by atoms with Gasteiger partial charge in [-0.25, -0.2) is 0 Å². The predicted molar refractivity (Wildman–Crippen MR) is 56.4 cm³/mol. The van der Waals surface area contributed by atoms with Crippen LogP contribution < -0.4 is 5.32 Å². The zero-order valence-electron chi connectivity index (χ0n) is 8.85. The van der Waals surface area contributed by atoms with Crippen molar-refractivity contribution in [1.82, 2.24) is 10.3 Å². The summed E-state index contributed by atoms with van der Waals surface area (Å²) in [5.41, 5.74) is 3.07. The maximum atomic E-state index is 10.2. The maximum Gasteiger partial charge on any atom is 0.0824 e. The van der Waals surface area contributed by atoms with Gasteiger partial charge in [0.2, 0.25) is 0 Å². The van der Waals surface area contributed by atoms with Crippen molar-refractivity contribution in [3.8, 4) is 0 Å². The average Bonchev–Trinajstić information content (AvgIpc) is 2.61. The Morgan fingerprint density at radius 1 is 1.50 bits per heavy atom. The molecule has 1 saturated heterocycles. The summed E-state index contributed by atoms with van der Waals surface area (Å²) in [4.78, 5) is 3.27.